The number of fused-ring (bicyclic) bond motifs is 1. The van der Waals surface area contributed by atoms with Crippen LogP contribution < -0.4 is 10.6 Å². The van der Waals surface area contributed by atoms with Crippen molar-refractivity contribution in [1.29, 1.82) is 0 Å². The predicted molar refractivity (Wildman–Crippen MR) is 80.9 cm³/mol. The van der Waals surface area contributed by atoms with E-state index < -0.39 is 17.5 Å². The van der Waals surface area contributed by atoms with Crippen LogP contribution in [-0.2, 0) is 4.79 Å². The van der Waals surface area contributed by atoms with Gasteiger partial charge in [-0.2, -0.15) is 8.75 Å². The number of carbonyl (C=O) groups is 1. The molecule has 1 aromatic heterocycles. The largest absolute Gasteiger partial charge is 0.374 e. The van der Waals surface area contributed by atoms with Gasteiger partial charge in [0.1, 0.15) is 22.7 Å². The summed E-state index contributed by atoms with van der Waals surface area (Å²) in [5, 5.41) is 5.22. The Morgan fingerprint density at radius 2 is 2.00 bits per heavy atom. The number of aromatic nitrogens is 2. The van der Waals surface area contributed by atoms with Crippen LogP contribution in [0.2, 0.25) is 0 Å². The fourth-order valence-corrected chi connectivity index (χ4v) is 2.46. The number of amides is 1. The van der Waals surface area contributed by atoms with Gasteiger partial charge in [-0.3, -0.25) is 4.79 Å². The summed E-state index contributed by atoms with van der Waals surface area (Å²) in [7, 11) is 0. The number of nitrogens with one attached hydrogen (secondary N) is 2. The highest BCUT2D eigenvalue weighted by Gasteiger charge is 2.10. The summed E-state index contributed by atoms with van der Waals surface area (Å²) in [6, 6.07) is 8.24. The molecule has 1 amide bonds. The third kappa shape index (κ3) is 3.01. The van der Waals surface area contributed by atoms with Crippen molar-refractivity contribution >= 4 is 40.0 Å². The Labute approximate surface area is 128 Å². The number of nitrogens with zero attached hydrogens (tertiary/aromatic N) is 2. The summed E-state index contributed by atoms with van der Waals surface area (Å²) in [5.41, 5.74) is 1.74. The molecule has 1 heterocycles. The van der Waals surface area contributed by atoms with Crippen molar-refractivity contribution in [3.63, 3.8) is 0 Å². The molecular weight excluding hydrogens is 310 g/mol. The maximum absolute atomic E-state index is 13.4. The Morgan fingerprint density at radius 1 is 1.14 bits per heavy atom. The maximum Gasteiger partial charge on any atom is 0.243 e. The van der Waals surface area contributed by atoms with Gasteiger partial charge in [0.15, 0.2) is 0 Å². The van der Waals surface area contributed by atoms with E-state index in [1.165, 1.54) is 0 Å². The van der Waals surface area contributed by atoms with Crippen LogP contribution in [-0.4, -0.2) is 21.2 Å². The van der Waals surface area contributed by atoms with Crippen molar-refractivity contribution in [3.8, 4) is 0 Å². The minimum Gasteiger partial charge on any atom is -0.374 e. The molecule has 22 heavy (non-hydrogen) atoms. The second kappa shape index (κ2) is 6.02. The average Bonchev–Trinajstić information content (AvgIpc) is 2.98. The van der Waals surface area contributed by atoms with Gasteiger partial charge in [0.25, 0.3) is 0 Å². The Balaban J connectivity index is 1.68. The van der Waals surface area contributed by atoms with Crippen LogP contribution in [0.15, 0.2) is 36.4 Å². The molecule has 0 saturated heterocycles. The summed E-state index contributed by atoms with van der Waals surface area (Å²) in [6.45, 7) is -0.200. The summed E-state index contributed by atoms with van der Waals surface area (Å²) < 4.78 is 34.6. The number of carbonyl (C=O) groups excluding carboxylic acids is 1. The molecule has 8 heteroatoms. The van der Waals surface area contributed by atoms with Gasteiger partial charge in [-0.1, -0.05) is 6.07 Å². The fraction of sp³-hybridized carbons (Fsp3) is 0.0714. The smallest absolute Gasteiger partial charge is 0.243 e. The van der Waals surface area contributed by atoms with Crippen LogP contribution in [0, 0.1) is 11.6 Å². The Morgan fingerprint density at radius 3 is 2.86 bits per heavy atom. The number of hydrogen-bond donors (Lipinski definition) is 2. The quantitative estimate of drug-likeness (QED) is 0.775. The maximum atomic E-state index is 13.4. The van der Waals surface area contributed by atoms with E-state index in [1.807, 2.05) is 0 Å². The van der Waals surface area contributed by atoms with Crippen molar-refractivity contribution in [1.82, 2.24) is 8.75 Å². The first-order valence-electron chi connectivity index (χ1n) is 6.33. The number of anilines is 2. The van der Waals surface area contributed by atoms with Gasteiger partial charge in [0.05, 0.1) is 29.6 Å². The van der Waals surface area contributed by atoms with Crippen LogP contribution in [0.25, 0.3) is 11.0 Å². The summed E-state index contributed by atoms with van der Waals surface area (Å²) >= 11 is 1.05. The Kier molecular flexibility index (Phi) is 3.92. The van der Waals surface area contributed by atoms with E-state index in [0.717, 1.165) is 29.9 Å². The molecule has 0 aliphatic rings. The van der Waals surface area contributed by atoms with Gasteiger partial charge in [-0.25, -0.2) is 8.78 Å². The molecule has 0 spiro atoms. The Bertz CT molecular complexity index is 837. The van der Waals surface area contributed by atoms with Gasteiger partial charge >= 0.3 is 0 Å². The van der Waals surface area contributed by atoms with Crippen molar-refractivity contribution < 1.29 is 13.6 Å². The zero-order chi connectivity index (χ0) is 15.5. The van der Waals surface area contributed by atoms with Crippen molar-refractivity contribution in [2.75, 3.05) is 17.2 Å². The molecule has 3 rings (SSSR count). The SMILES string of the molecule is O=C(CNc1cc(F)ccc1F)Nc1cccc2nsnc12. The van der Waals surface area contributed by atoms with Gasteiger partial charge in [0.2, 0.25) is 5.91 Å². The van der Waals surface area contributed by atoms with E-state index in [0.29, 0.717) is 16.7 Å². The molecule has 0 fully saturated rings. The lowest BCUT2D eigenvalue weighted by molar-refractivity contribution is -0.114. The second-order valence-corrected chi connectivity index (χ2v) is 4.99. The highest BCUT2D eigenvalue weighted by molar-refractivity contribution is 7.00. The molecule has 0 bridgehead atoms. The lowest BCUT2D eigenvalue weighted by Gasteiger charge is -2.09. The van der Waals surface area contributed by atoms with E-state index in [1.54, 1.807) is 18.2 Å². The topological polar surface area (TPSA) is 66.9 Å². The molecule has 3 aromatic rings. The standard InChI is InChI=1S/C14H10F2N4OS/c15-8-4-5-9(16)12(6-8)17-7-13(21)18-10-2-1-3-11-14(10)20-22-19-11/h1-6,17H,7H2,(H,18,21). The molecule has 0 atom stereocenters. The lowest BCUT2D eigenvalue weighted by Crippen LogP contribution is -2.22. The summed E-state index contributed by atoms with van der Waals surface area (Å²) in [5.74, 6) is -1.60. The van der Waals surface area contributed by atoms with Crippen LogP contribution >= 0.6 is 11.7 Å². The molecule has 2 aromatic carbocycles. The molecule has 112 valence electrons. The van der Waals surface area contributed by atoms with Gasteiger partial charge in [-0.15, -0.1) is 0 Å². The molecular formula is C14H10F2N4OS. The normalized spacial score (nSPS) is 10.6. The molecule has 2 N–H and O–H groups in total. The zero-order valence-corrected chi connectivity index (χ0v) is 12.0. The van der Waals surface area contributed by atoms with Crippen LogP contribution in [0.4, 0.5) is 20.2 Å². The van der Waals surface area contributed by atoms with E-state index in [9.17, 15) is 13.6 Å². The van der Waals surface area contributed by atoms with Crippen molar-refractivity contribution in [2.45, 2.75) is 0 Å². The predicted octanol–water partition coefficient (Wildman–Crippen LogP) is 3.02. The fourth-order valence-electron chi connectivity index (χ4n) is 1.91. The number of benzene rings is 2. The first kappa shape index (κ1) is 14.3. The first-order valence-corrected chi connectivity index (χ1v) is 7.06. The third-order valence-electron chi connectivity index (χ3n) is 2.93. The van der Waals surface area contributed by atoms with Crippen molar-refractivity contribution in [3.05, 3.63) is 48.0 Å². The number of hydrogen-bond acceptors (Lipinski definition) is 5. The molecule has 0 radical (unpaired) electrons. The van der Waals surface area contributed by atoms with E-state index in [-0.39, 0.29) is 12.2 Å². The molecule has 0 aliphatic carbocycles. The highest BCUT2D eigenvalue weighted by Crippen LogP contribution is 2.21. The summed E-state index contributed by atoms with van der Waals surface area (Å²) in [4.78, 5) is 11.9. The monoisotopic (exact) mass is 320 g/mol. The van der Waals surface area contributed by atoms with Gasteiger partial charge in [0, 0.05) is 0 Å². The van der Waals surface area contributed by atoms with E-state index in [4.69, 9.17) is 0 Å². The highest BCUT2D eigenvalue weighted by atomic mass is 32.1. The number of rotatable bonds is 4. The number of halogens is 2. The molecule has 5 nitrogen and oxygen atoms in total. The molecule has 0 saturated carbocycles. The lowest BCUT2D eigenvalue weighted by atomic mass is 10.2. The van der Waals surface area contributed by atoms with E-state index in [2.05, 4.69) is 19.4 Å². The third-order valence-corrected chi connectivity index (χ3v) is 3.47. The summed E-state index contributed by atoms with van der Waals surface area (Å²) in [6.07, 6.45) is 0. The minimum absolute atomic E-state index is 0.0660. The van der Waals surface area contributed by atoms with E-state index >= 15 is 0 Å². The van der Waals surface area contributed by atoms with Crippen LogP contribution in [0.3, 0.4) is 0 Å². The van der Waals surface area contributed by atoms with Gasteiger partial charge in [-0.05, 0) is 30.3 Å². The molecule has 0 unspecified atom stereocenters. The van der Waals surface area contributed by atoms with Crippen molar-refractivity contribution in [2.24, 2.45) is 0 Å². The molecule has 0 aliphatic heterocycles. The second-order valence-electron chi connectivity index (χ2n) is 4.46. The average molecular weight is 320 g/mol. The van der Waals surface area contributed by atoms with Crippen LogP contribution in [0.5, 0.6) is 0 Å². The van der Waals surface area contributed by atoms with Crippen LogP contribution in [0.1, 0.15) is 0 Å². The first-order chi connectivity index (χ1) is 10.6. The van der Waals surface area contributed by atoms with Gasteiger partial charge < -0.3 is 10.6 Å². The Hall–Kier alpha value is -2.61. The minimum atomic E-state index is -0.625. The zero-order valence-electron chi connectivity index (χ0n) is 11.1.